The normalized spacial score (nSPS) is 20.5. The highest BCUT2D eigenvalue weighted by Crippen LogP contribution is 2.50. The summed E-state index contributed by atoms with van der Waals surface area (Å²) in [7, 11) is 0. The first-order valence-electron chi connectivity index (χ1n) is 13.7. The molecule has 0 saturated heterocycles. The third-order valence-electron chi connectivity index (χ3n) is 9.16. The molecule has 188 valence electrons. The van der Waals surface area contributed by atoms with Gasteiger partial charge in [-0.25, -0.2) is 0 Å². The van der Waals surface area contributed by atoms with Crippen LogP contribution in [0.4, 0.5) is 0 Å². The summed E-state index contributed by atoms with van der Waals surface area (Å²) in [5.41, 5.74) is 12.7. The number of rotatable bonds is 6. The van der Waals surface area contributed by atoms with Crippen molar-refractivity contribution in [3.8, 4) is 5.75 Å². The minimum atomic E-state index is -1.19. The fraction of sp³-hybridized carbons (Fsp3) is 0.135. The molecule has 8 rings (SSSR count). The lowest BCUT2D eigenvalue weighted by Crippen LogP contribution is -2.43. The molecule has 0 radical (unpaired) electrons. The molecule has 2 atom stereocenters. The molecule has 2 unspecified atom stereocenters. The number of hydrogen-bond donors (Lipinski definition) is 2. The van der Waals surface area contributed by atoms with Crippen molar-refractivity contribution in [2.75, 3.05) is 0 Å². The lowest BCUT2D eigenvalue weighted by Gasteiger charge is -2.43. The standard InChI is InChI=1S/C37H28O2/c38-36-12-4-11-34-33(36)20-29(19-26-8-1-5-23-13-16-30(23)26)35(21-27-9-2-6-24-14-17-31(24)27)37(34,39)22-28-10-3-7-25-15-18-32(25)28/h1-18,20,35,38-39H,19,21-22H2. The van der Waals surface area contributed by atoms with E-state index in [0.717, 1.165) is 35.1 Å². The Morgan fingerprint density at radius 1 is 0.590 bits per heavy atom. The van der Waals surface area contributed by atoms with E-state index in [2.05, 4.69) is 97.1 Å². The van der Waals surface area contributed by atoms with Gasteiger partial charge in [0, 0.05) is 17.9 Å². The van der Waals surface area contributed by atoms with Crippen LogP contribution in [0.15, 0.2) is 78.4 Å². The Labute approximate surface area is 228 Å². The zero-order chi connectivity index (χ0) is 26.1. The van der Waals surface area contributed by atoms with E-state index in [9.17, 15) is 10.2 Å². The average Bonchev–Trinajstić information content (AvgIpc) is 2.85. The van der Waals surface area contributed by atoms with Crippen LogP contribution in [0, 0.1) is 5.92 Å². The molecular weight excluding hydrogens is 476 g/mol. The van der Waals surface area contributed by atoms with E-state index < -0.39 is 5.60 Å². The van der Waals surface area contributed by atoms with Crippen LogP contribution in [0.2, 0.25) is 0 Å². The molecule has 0 fully saturated rings. The molecule has 2 N–H and O–H groups in total. The second-order valence-electron chi connectivity index (χ2n) is 11.3. The number of phenols is 1. The van der Waals surface area contributed by atoms with Gasteiger partial charge in [0.05, 0.1) is 0 Å². The summed E-state index contributed by atoms with van der Waals surface area (Å²) in [6.07, 6.45) is 17.0. The van der Waals surface area contributed by atoms with E-state index in [0.29, 0.717) is 6.42 Å². The van der Waals surface area contributed by atoms with Crippen molar-refractivity contribution in [1.29, 1.82) is 0 Å². The van der Waals surface area contributed by atoms with Crippen LogP contribution in [-0.4, -0.2) is 10.2 Å². The predicted molar refractivity (Wildman–Crippen MR) is 161 cm³/mol. The summed E-state index contributed by atoms with van der Waals surface area (Å²) < 4.78 is 0. The number of benzene rings is 4. The average molecular weight is 505 g/mol. The molecule has 0 aromatic heterocycles. The number of phenolic OH excluding ortho intramolecular Hbond substituents is 1. The van der Waals surface area contributed by atoms with E-state index in [1.807, 2.05) is 12.1 Å². The minimum Gasteiger partial charge on any atom is -0.507 e. The van der Waals surface area contributed by atoms with Gasteiger partial charge in [0.15, 0.2) is 0 Å². The van der Waals surface area contributed by atoms with Crippen LogP contribution < -0.4 is 0 Å². The summed E-state index contributed by atoms with van der Waals surface area (Å²) in [5.74, 6) is 0.0580. The molecule has 4 aromatic rings. The summed E-state index contributed by atoms with van der Waals surface area (Å²) in [5, 5.41) is 24.1. The van der Waals surface area contributed by atoms with Gasteiger partial charge in [0.25, 0.3) is 0 Å². The largest absolute Gasteiger partial charge is 0.507 e. The number of aliphatic hydroxyl groups is 1. The zero-order valence-electron chi connectivity index (χ0n) is 21.6. The fourth-order valence-corrected chi connectivity index (χ4v) is 6.95. The molecule has 2 heteroatoms. The molecule has 0 amide bonds. The van der Waals surface area contributed by atoms with E-state index in [1.54, 1.807) is 6.07 Å². The molecule has 0 heterocycles. The van der Waals surface area contributed by atoms with Crippen molar-refractivity contribution in [3.63, 3.8) is 0 Å². The summed E-state index contributed by atoms with van der Waals surface area (Å²) >= 11 is 0. The monoisotopic (exact) mass is 504 g/mol. The molecule has 39 heavy (non-hydrogen) atoms. The molecule has 0 aliphatic heterocycles. The second-order valence-corrected chi connectivity index (χ2v) is 11.3. The van der Waals surface area contributed by atoms with Crippen LogP contribution in [0.1, 0.15) is 61.2 Å². The maximum absolute atomic E-state index is 13.0. The Kier molecular flexibility index (Phi) is 4.80. The number of aromatic hydroxyl groups is 1. The Morgan fingerprint density at radius 2 is 1.15 bits per heavy atom. The van der Waals surface area contributed by atoms with Gasteiger partial charge in [0.1, 0.15) is 11.4 Å². The molecule has 0 saturated carbocycles. The minimum absolute atomic E-state index is 0.160. The maximum Gasteiger partial charge on any atom is 0.123 e. The zero-order valence-corrected chi connectivity index (χ0v) is 21.6. The van der Waals surface area contributed by atoms with Crippen LogP contribution in [-0.2, 0) is 24.9 Å². The van der Waals surface area contributed by atoms with E-state index >= 15 is 0 Å². The second kappa shape index (κ2) is 8.30. The van der Waals surface area contributed by atoms with Gasteiger partial charge in [0.2, 0.25) is 0 Å². The topological polar surface area (TPSA) is 40.5 Å². The molecule has 4 aliphatic rings. The van der Waals surface area contributed by atoms with Crippen molar-refractivity contribution in [2.45, 2.75) is 24.9 Å². The Morgan fingerprint density at radius 3 is 1.79 bits per heavy atom. The van der Waals surface area contributed by atoms with Gasteiger partial charge in [-0.2, -0.15) is 0 Å². The van der Waals surface area contributed by atoms with Gasteiger partial charge >= 0.3 is 0 Å². The third-order valence-corrected chi connectivity index (χ3v) is 9.16. The highest BCUT2D eigenvalue weighted by molar-refractivity contribution is 5.89. The van der Waals surface area contributed by atoms with E-state index in [-0.39, 0.29) is 11.7 Å². The van der Waals surface area contributed by atoms with E-state index in [1.165, 1.54) is 44.5 Å². The fourth-order valence-electron chi connectivity index (χ4n) is 6.95. The summed E-state index contributed by atoms with van der Waals surface area (Å²) in [4.78, 5) is 0. The quantitative estimate of drug-likeness (QED) is 0.243. The predicted octanol–water partition coefficient (Wildman–Crippen LogP) is 7.77. The van der Waals surface area contributed by atoms with Gasteiger partial charge in [-0.05, 0) is 74.5 Å². The summed E-state index contributed by atoms with van der Waals surface area (Å²) in [6.45, 7) is 0. The van der Waals surface area contributed by atoms with Gasteiger partial charge in [-0.15, -0.1) is 0 Å². The van der Waals surface area contributed by atoms with E-state index in [4.69, 9.17) is 0 Å². The molecular formula is C37H28O2. The lowest BCUT2D eigenvalue weighted by molar-refractivity contribution is -0.0126. The molecule has 4 aliphatic carbocycles. The van der Waals surface area contributed by atoms with Gasteiger partial charge in [-0.1, -0.05) is 115 Å². The Bertz CT molecular complexity index is 1820. The van der Waals surface area contributed by atoms with Crippen LogP contribution >= 0.6 is 0 Å². The summed E-state index contributed by atoms with van der Waals surface area (Å²) in [6, 6.07) is 24.9. The van der Waals surface area contributed by atoms with Gasteiger partial charge < -0.3 is 10.2 Å². The van der Waals surface area contributed by atoms with Crippen molar-refractivity contribution < 1.29 is 10.2 Å². The SMILES string of the molecule is Oc1cccc2c1C=C(Cc1cccc3c1C=C3)C(Cc1cccc3c1C=C3)C2(O)Cc1cccc2c1C=C2. The third kappa shape index (κ3) is 3.38. The van der Waals surface area contributed by atoms with Crippen LogP contribution in [0.25, 0.3) is 42.5 Å². The van der Waals surface area contributed by atoms with Crippen molar-refractivity contribution in [3.05, 3.63) is 140 Å². The molecule has 0 spiro atoms. The molecule has 4 aromatic carbocycles. The lowest BCUT2D eigenvalue weighted by atomic mass is 9.64. The Balaban J connectivity index is 1.30. The highest BCUT2D eigenvalue weighted by atomic mass is 16.3. The molecule has 0 bridgehead atoms. The maximum atomic E-state index is 13.0. The first-order chi connectivity index (χ1) is 19.1. The first kappa shape index (κ1) is 22.6. The highest BCUT2D eigenvalue weighted by Gasteiger charge is 2.45. The number of hydrogen-bond acceptors (Lipinski definition) is 2. The number of fused-ring (bicyclic) bond motifs is 4. The van der Waals surface area contributed by atoms with Gasteiger partial charge in [-0.3, -0.25) is 0 Å². The molecule has 2 nitrogen and oxygen atoms in total. The van der Waals surface area contributed by atoms with Crippen LogP contribution in [0.3, 0.4) is 0 Å². The first-order valence-corrected chi connectivity index (χ1v) is 13.7. The van der Waals surface area contributed by atoms with Crippen molar-refractivity contribution in [1.82, 2.24) is 0 Å². The van der Waals surface area contributed by atoms with Crippen LogP contribution in [0.5, 0.6) is 5.75 Å². The van der Waals surface area contributed by atoms with Crippen molar-refractivity contribution >= 4 is 42.5 Å². The smallest absolute Gasteiger partial charge is 0.123 e. The van der Waals surface area contributed by atoms with Crippen molar-refractivity contribution in [2.24, 2.45) is 5.92 Å². The Hall–Kier alpha value is -4.40.